The molecule has 0 atom stereocenters. The van der Waals surface area contributed by atoms with E-state index in [-0.39, 0.29) is 5.91 Å². The molecule has 2 N–H and O–H groups in total. The van der Waals surface area contributed by atoms with E-state index < -0.39 is 5.91 Å². The summed E-state index contributed by atoms with van der Waals surface area (Å²) in [5, 5.41) is 5.53. The van der Waals surface area contributed by atoms with Crippen LogP contribution in [0, 0.1) is 0 Å². The summed E-state index contributed by atoms with van der Waals surface area (Å²) in [4.78, 5) is 23.6. The number of carbonyl (C=O) groups is 2. The van der Waals surface area contributed by atoms with Gasteiger partial charge in [-0.1, -0.05) is 48.5 Å². The molecule has 0 heterocycles. The van der Waals surface area contributed by atoms with Gasteiger partial charge < -0.3 is 5.32 Å². The molecule has 2 amide bonds. The summed E-state index contributed by atoms with van der Waals surface area (Å²) in [6.45, 7) is 3.13. The summed E-state index contributed by atoms with van der Waals surface area (Å²) in [5.41, 5.74) is 2.75. The minimum absolute atomic E-state index is 0.383. The second-order valence-corrected chi connectivity index (χ2v) is 4.87. The van der Waals surface area contributed by atoms with Gasteiger partial charge in [0, 0.05) is 18.3 Å². The van der Waals surface area contributed by atoms with Crippen molar-refractivity contribution in [1.29, 1.82) is 0 Å². The number of rotatable bonds is 4. The van der Waals surface area contributed by atoms with Crippen LogP contribution in [0.25, 0.3) is 5.57 Å². The Balaban J connectivity index is 2.40. The lowest BCUT2D eigenvalue weighted by molar-refractivity contribution is -0.126. The van der Waals surface area contributed by atoms with Crippen LogP contribution in [-0.2, 0) is 9.59 Å². The maximum atomic E-state index is 12.4. The molecule has 0 fully saturated rings. The fourth-order valence-electron chi connectivity index (χ4n) is 2.15. The molecule has 0 aliphatic heterocycles. The average molecular weight is 294 g/mol. The monoisotopic (exact) mass is 294 g/mol. The second kappa shape index (κ2) is 7.22. The van der Waals surface area contributed by atoms with E-state index in [1.54, 1.807) is 0 Å². The predicted octanol–water partition coefficient (Wildman–Crippen LogP) is 3.19. The van der Waals surface area contributed by atoms with Gasteiger partial charge in [-0.2, -0.15) is 0 Å². The van der Waals surface area contributed by atoms with Crippen molar-refractivity contribution in [3.05, 3.63) is 71.9 Å². The molecule has 2 aromatic carbocycles. The van der Waals surface area contributed by atoms with Gasteiger partial charge in [0.2, 0.25) is 5.91 Å². The first-order valence-corrected chi connectivity index (χ1v) is 6.98. The lowest BCUT2D eigenvalue weighted by Crippen LogP contribution is -2.29. The molecule has 2 rings (SSSR count). The fraction of sp³-hybridized carbons (Fsp3) is 0.111. The second-order valence-electron chi connectivity index (χ2n) is 4.87. The Labute approximate surface area is 129 Å². The van der Waals surface area contributed by atoms with E-state index >= 15 is 0 Å². The minimum atomic E-state index is -0.417. The lowest BCUT2D eigenvalue weighted by Gasteiger charge is -2.14. The van der Waals surface area contributed by atoms with Crippen molar-refractivity contribution in [2.75, 3.05) is 5.32 Å². The molecule has 0 radical (unpaired) electrons. The maximum absolute atomic E-state index is 12.4. The topological polar surface area (TPSA) is 58.2 Å². The first kappa shape index (κ1) is 15.5. The van der Waals surface area contributed by atoms with E-state index in [1.807, 2.05) is 67.6 Å². The first-order chi connectivity index (χ1) is 10.6. The molecule has 4 heteroatoms. The summed E-state index contributed by atoms with van der Waals surface area (Å²) in [6.07, 6.45) is 0. The van der Waals surface area contributed by atoms with Crippen molar-refractivity contribution >= 4 is 23.1 Å². The molecular formula is C18H18N2O2. The number of para-hydroxylation sites is 1. The van der Waals surface area contributed by atoms with Crippen LogP contribution in [0.4, 0.5) is 5.69 Å². The molecule has 112 valence electrons. The number of amides is 2. The van der Waals surface area contributed by atoms with Gasteiger partial charge in [-0.15, -0.1) is 0 Å². The molecule has 22 heavy (non-hydrogen) atoms. The lowest BCUT2D eigenvalue weighted by atomic mass is 10.0. The van der Waals surface area contributed by atoms with Crippen LogP contribution in [0.3, 0.4) is 0 Å². The Morgan fingerprint density at radius 3 is 1.91 bits per heavy atom. The number of imide groups is 1. The number of allylic oxidation sites excluding steroid dienone is 1. The van der Waals surface area contributed by atoms with E-state index in [1.165, 1.54) is 6.92 Å². The summed E-state index contributed by atoms with van der Waals surface area (Å²) in [5.74, 6) is -0.800. The van der Waals surface area contributed by atoms with Gasteiger partial charge in [-0.3, -0.25) is 14.9 Å². The molecule has 0 unspecified atom stereocenters. The molecule has 0 saturated heterocycles. The normalized spacial score (nSPS) is 11.4. The van der Waals surface area contributed by atoms with Gasteiger partial charge >= 0.3 is 0 Å². The SMILES string of the molecule is CC(=O)NC(=O)/C(=C(\C)Nc1ccccc1)c1ccccc1. The summed E-state index contributed by atoms with van der Waals surface area (Å²) in [7, 11) is 0. The average Bonchev–Trinajstić information content (AvgIpc) is 2.48. The molecule has 2 aromatic rings. The first-order valence-electron chi connectivity index (χ1n) is 6.98. The van der Waals surface area contributed by atoms with E-state index in [2.05, 4.69) is 10.6 Å². The van der Waals surface area contributed by atoms with Crippen LogP contribution < -0.4 is 10.6 Å². The van der Waals surface area contributed by atoms with Gasteiger partial charge in [-0.05, 0) is 24.6 Å². The Bertz CT molecular complexity index is 692. The van der Waals surface area contributed by atoms with Gasteiger partial charge in [0.05, 0.1) is 5.57 Å². The van der Waals surface area contributed by atoms with Gasteiger partial charge in [0.1, 0.15) is 0 Å². The van der Waals surface area contributed by atoms with Crippen LogP contribution in [0.1, 0.15) is 19.4 Å². The largest absolute Gasteiger partial charge is 0.358 e. The summed E-state index contributed by atoms with van der Waals surface area (Å²) < 4.78 is 0. The number of carbonyl (C=O) groups excluding carboxylic acids is 2. The summed E-state index contributed by atoms with van der Waals surface area (Å²) in [6, 6.07) is 18.8. The molecule has 4 nitrogen and oxygen atoms in total. The van der Waals surface area contributed by atoms with Crippen LogP contribution in [0.2, 0.25) is 0 Å². The Kier molecular flexibility index (Phi) is 5.09. The molecule has 0 saturated carbocycles. The third-order valence-electron chi connectivity index (χ3n) is 3.06. The fourth-order valence-corrected chi connectivity index (χ4v) is 2.15. The van der Waals surface area contributed by atoms with Crippen molar-refractivity contribution in [3.8, 4) is 0 Å². The maximum Gasteiger partial charge on any atom is 0.260 e. The van der Waals surface area contributed by atoms with E-state index in [4.69, 9.17) is 0 Å². The Morgan fingerprint density at radius 2 is 1.36 bits per heavy atom. The highest BCUT2D eigenvalue weighted by Gasteiger charge is 2.16. The summed E-state index contributed by atoms with van der Waals surface area (Å²) >= 11 is 0. The zero-order chi connectivity index (χ0) is 15.9. The van der Waals surface area contributed by atoms with Gasteiger partial charge in [-0.25, -0.2) is 0 Å². The zero-order valence-corrected chi connectivity index (χ0v) is 12.6. The Hall–Kier alpha value is -2.88. The highest BCUT2D eigenvalue weighted by atomic mass is 16.2. The zero-order valence-electron chi connectivity index (χ0n) is 12.6. The van der Waals surface area contributed by atoms with Crippen molar-refractivity contribution < 1.29 is 9.59 Å². The molecular weight excluding hydrogens is 276 g/mol. The van der Waals surface area contributed by atoms with Crippen LogP contribution >= 0.6 is 0 Å². The van der Waals surface area contributed by atoms with Crippen molar-refractivity contribution in [3.63, 3.8) is 0 Å². The Morgan fingerprint density at radius 1 is 0.818 bits per heavy atom. The quantitative estimate of drug-likeness (QED) is 0.851. The predicted molar refractivity (Wildman–Crippen MR) is 87.9 cm³/mol. The highest BCUT2D eigenvalue weighted by Crippen LogP contribution is 2.20. The molecule has 0 bridgehead atoms. The minimum Gasteiger partial charge on any atom is -0.358 e. The van der Waals surface area contributed by atoms with Gasteiger partial charge in [0.25, 0.3) is 5.91 Å². The molecule has 0 aliphatic rings. The molecule has 0 aromatic heterocycles. The number of nitrogens with one attached hydrogen (secondary N) is 2. The molecule has 0 aliphatic carbocycles. The number of hydrogen-bond donors (Lipinski definition) is 2. The van der Waals surface area contributed by atoms with Crippen LogP contribution in [0.15, 0.2) is 66.4 Å². The van der Waals surface area contributed by atoms with E-state index in [9.17, 15) is 9.59 Å². The smallest absolute Gasteiger partial charge is 0.260 e. The third-order valence-corrected chi connectivity index (χ3v) is 3.06. The number of hydrogen-bond acceptors (Lipinski definition) is 3. The van der Waals surface area contributed by atoms with Gasteiger partial charge in [0.15, 0.2) is 0 Å². The van der Waals surface area contributed by atoms with E-state index in [0.717, 1.165) is 11.3 Å². The van der Waals surface area contributed by atoms with Crippen molar-refractivity contribution in [1.82, 2.24) is 5.32 Å². The third kappa shape index (κ3) is 4.06. The van der Waals surface area contributed by atoms with Crippen molar-refractivity contribution in [2.45, 2.75) is 13.8 Å². The van der Waals surface area contributed by atoms with Crippen LogP contribution in [0.5, 0.6) is 0 Å². The standard InChI is InChI=1S/C18H18N2O2/c1-13(19-16-11-7-4-8-12-16)17(18(22)20-14(2)21)15-9-5-3-6-10-15/h3-12,19H,1-2H3,(H,20,21,22)/b17-13+. The van der Waals surface area contributed by atoms with Crippen LogP contribution in [-0.4, -0.2) is 11.8 Å². The van der Waals surface area contributed by atoms with Crippen molar-refractivity contribution in [2.24, 2.45) is 0 Å². The number of benzene rings is 2. The number of anilines is 1. The molecule has 0 spiro atoms. The van der Waals surface area contributed by atoms with E-state index in [0.29, 0.717) is 11.3 Å². The highest BCUT2D eigenvalue weighted by molar-refractivity contribution is 6.24.